The number of hydrogen-bond acceptors (Lipinski definition) is 4. The lowest BCUT2D eigenvalue weighted by molar-refractivity contribution is -0.385. The van der Waals surface area contributed by atoms with Crippen LogP contribution in [0.25, 0.3) is 0 Å². The molecule has 102 valence electrons. The third-order valence-electron chi connectivity index (χ3n) is 2.87. The second-order valence-electron chi connectivity index (χ2n) is 4.28. The Hall–Kier alpha value is -2.76. The van der Waals surface area contributed by atoms with Crippen LogP contribution in [-0.4, -0.2) is 27.8 Å². The van der Waals surface area contributed by atoms with E-state index < -0.39 is 4.92 Å². The monoisotopic (exact) mass is 271 g/mol. The Morgan fingerprint density at radius 2 is 1.90 bits per heavy atom. The Morgan fingerprint density at radius 3 is 2.55 bits per heavy atom. The first-order valence-corrected chi connectivity index (χ1v) is 5.97. The van der Waals surface area contributed by atoms with Crippen molar-refractivity contribution in [2.24, 2.45) is 0 Å². The molecule has 6 nitrogen and oxygen atoms in total. The van der Waals surface area contributed by atoms with E-state index in [-0.39, 0.29) is 18.1 Å². The standard InChI is InChI=1S/C14H13N3O3/c1-16(14(18)11-6-8-15-9-7-11)10-12-4-2-3-5-13(12)17(19)20/h2-9H,10H2,1H3. The summed E-state index contributed by atoms with van der Waals surface area (Å²) in [5.41, 5.74) is 1.02. The van der Waals surface area contributed by atoms with Crippen LogP contribution in [0.2, 0.25) is 0 Å². The summed E-state index contributed by atoms with van der Waals surface area (Å²) < 4.78 is 0. The molecule has 1 heterocycles. The van der Waals surface area contributed by atoms with Crippen molar-refractivity contribution in [3.63, 3.8) is 0 Å². The Balaban J connectivity index is 2.18. The van der Waals surface area contributed by atoms with Gasteiger partial charge in [0, 0.05) is 36.6 Å². The van der Waals surface area contributed by atoms with E-state index in [9.17, 15) is 14.9 Å². The number of nitrogens with zero attached hydrogens (tertiary/aromatic N) is 3. The predicted octanol–water partition coefficient (Wildman–Crippen LogP) is 2.26. The van der Waals surface area contributed by atoms with E-state index in [1.54, 1.807) is 37.4 Å². The summed E-state index contributed by atoms with van der Waals surface area (Å²) in [6.07, 6.45) is 3.07. The molecule has 0 unspecified atom stereocenters. The highest BCUT2D eigenvalue weighted by Crippen LogP contribution is 2.19. The molecule has 6 heteroatoms. The van der Waals surface area contributed by atoms with Crippen molar-refractivity contribution in [3.8, 4) is 0 Å². The molecule has 2 aromatic rings. The van der Waals surface area contributed by atoms with Gasteiger partial charge in [-0.1, -0.05) is 18.2 Å². The minimum Gasteiger partial charge on any atom is -0.337 e. The maximum atomic E-state index is 12.2. The lowest BCUT2D eigenvalue weighted by atomic mass is 10.1. The summed E-state index contributed by atoms with van der Waals surface area (Å²) in [4.78, 5) is 27.9. The quantitative estimate of drug-likeness (QED) is 0.631. The highest BCUT2D eigenvalue weighted by Gasteiger charge is 2.17. The van der Waals surface area contributed by atoms with Crippen LogP contribution in [0.1, 0.15) is 15.9 Å². The van der Waals surface area contributed by atoms with Crippen LogP contribution in [-0.2, 0) is 6.54 Å². The largest absolute Gasteiger partial charge is 0.337 e. The number of para-hydroxylation sites is 1. The number of amides is 1. The molecule has 0 saturated carbocycles. The zero-order valence-corrected chi connectivity index (χ0v) is 10.9. The van der Waals surface area contributed by atoms with E-state index >= 15 is 0 Å². The van der Waals surface area contributed by atoms with Crippen molar-refractivity contribution in [1.29, 1.82) is 0 Å². The number of benzene rings is 1. The third-order valence-corrected chi connectivity index (χ3v) is 2.87. The highest BCUT2D eigenvalue weighted by molar-refractivity contribution is 5.93. The SMILES string of the molecule is CN(Cc1ccccc1[N+](=O)[O-])C(=O)c1ccncc1. The van der Waals surface area contributed by atoms with Crippen LogP contribution in [0, 0.1) is 10.1 Å². The Bertz CT molecular complexity index is 629. The summed E-state index contributed by atoms with van der Waals surface area (Å²) in [7, 11) is 1.61. The molecular formula is C14H13N3O3. The molecule has 1 aromatic heterocycles. The minimum absolute atomic E-state index is 0.0156. The van der Waals surface area contributed by atoms with Gasteiger partial charge in [0.05, 0.1) is 11.5 Å². The van der Waals surface area contributed by atoms with Gasteiger partial charge in [0.1, 0.15) is 0 Å². The molecule has 20 heavy (non-hydrogen) atoms. The van der Waals surface area contributed by atoms with Gasteiger partial charge in [0.25, 0.3) is 11.6 Å². The predicted molar refractivity (Wildman–Crippen MR) is 73.1 cm³/mol. The molecule has 0 bridgehead atoms. The van der Waals surface area contributed by atoms with Gasteiger partial charge in [-0.2, -0.15) is 0 Å². The molecule has 0 N–H and O–H groups in total. The summed E-state index contributed by atoms with van der Waals surface area (Å²) in [6, 6.07) is 9.62. The molecule has 0 aliphatic carbocycles. The maximum absolute atomic E-state index is 12.2. The topological polar surface area (TPSA) is 76.3 Å². The summed E-state index contributed by atoms with van der Waals surface area (Å²) in [6.45, 7) is 0.179. The average molecular weight is 271 g/mol. The fraction of sp³-hybridized carbons (Fsp3) is 0.143. The van der Waals surface area contributed by atoms with Gasteiger partial charge < -0.3 is 4.90 Å². The number of hydrogen-bond donors (Lipinski definition) is 0. The lowest BCUT2D eigenvalue weighted by Gasteiger charge is -2.17. The van der Waals surface area contributed by atoms with Gasteiger partial charge in [0.2, 0.25) is 0 Å². The number of nitro benzene ring substituents is 1. The molecule has 2 rings (SSSR count). The van der Waals surface area contributed by atoms with Gasteiger partial charge in [-0.15, -0.1) is 0 Å². The number of carbonyl (C=O) groups excluding carboxylic acids is 1. The van der Waals surface area contributed by atoms with Crippen molar-refractivity contribution < 1.29 is 9.72 Å². The molecule has 0 atom stereocenters. The first-order chi connectivity index (χ1) is 9.59. The smallest absolute Gasteiger partial charge is 0.274 e. The Kier molecular flexibility index (Phi) is 4.05. The van der Waals surface area contributed by atoms with Crippen LogP contribution in [0.4, 0.5) is 5.69 Å². The second kappa shape index (κ2) is 5.92. The average Bonchev–Trinajstić information content (AvgIpc) is 2.47. The zero-order valence-electron chi connectivity index (χ0n) is 10.9. The molecule has 0 saturated heterocycles. The van der Waals surface area contributed by atoms with Crippen LogP contribution < -0.4 is 0 Å². The molecule has 0 aliphatic heterocycles. The summed E-state index contributed by atoms with van der Waals surface area (Å²) in [5, 5.41) is 10.9. The van der Waals surface area contributed by atoms with Crippen LogP contribution in [0.15, 0.2) is 48.8 Å². The molecule has 1 aromatic carbocycles. The van der Waals surface area contributed by atoms with Crippen molar-refractivity contribution in [3.05, 3.63) is 70.0 Å². The van der Waals surface area contributed by atoms with E-state index in [2.05, 4.69) is 4.98 Å². The van der Waals surface area contributed by atoms with Gasteiger partial charge in [-0.25, -0.2) is 0 Å². The third kappa shape index (κ3) is 2.97. The number of aromatic nitrogens is 1. The van der Waals surface area contributed by atoms with Crippen molar-refractivity contribution >= 4 is 11.6 Å². The van der Waals surface area contributed by atoms with Crippen molar-refractivity contribution in [2.45, 2.75) is 6.54 Å². The molecule has 1 amide bonds. The fourth-order valence-corrected chi connectivity index (χ4v) is 1.86. The van der Waals surface area contributed by atoms with Crippen molar-refractivity contribution in [2.75, 3.05) is 7.05 Å². The molecule has 0 fully saturated rings. The van der Waals surface area contributed by atoms with Gasteiger partial charge in [-0.05, 0) is 12.1 Å². The van der Waals surface area contributed by atoms with Crippen LogP contribution in [0.3, 0.4) is 0 Å². The summed E-state index contributed by atoms with van der Waals surface area (Å²) >= 11 is 0. The first-order valence-electron chi connectivity index (χ1n) is 5.97. The highest BCUT2D eigenvalue weighted by atomic mass is 16.6. The van der Waals surface area contributed by atoms with Gasteiger partial charge in [0.15, 0.2) is 0 Å². The molecule has 0 aliphatic rings. The minimum atomic E-state index is -0.444. The lowest BCUT2D eigenvalue weighted by Crippen LogP contribution is -2.26. The zero-order chi connectivity index (χ0) is 14.5. The number of nitro groups is 1. The molecule has 0 radical (unpaired) electrons. The molecule has 0 spiro atoms. The van der Waals surface area contributed by atoms with E-state index in [1.807, 2.05) is 0 Å². The number of rotatable bonds is 4. The maximum Gasteiger partial charge on any atom is 0.274 e. The summed E-state index contributed by atoms with van der Waals surface area (Å²) in [5.74, 6) is -0.203. The van der Waals surface area contributed by atoms with E-state index in [0.29, 0.717) is 11.1 Å². The first kappa shape index (κ1) is 13.7. The Morgan fingerprint density at radius 1 is 1.25 bits per heavy atom. The van der Waals surface area contributed by atoms with E-state index in [4.69, 9.17) is 0 Å². The second-order valence-corrected chi connectivity index (χ2v) is 4.28. The number of carbonyl (C=O) groups is 1. The fourth-order valence-electron chi connectivity index (χ4n) is 1.86. The van der Waals surface area contributed by atoms with Gasteiger partial charge >= 0.3 is 0 Å². The van der Waals surface area contributed by atoms with Crippen molar-refractivity contribution in [1.82, 2.24) is 9.88 Å². The normalized spacial score (nSPS) is 10.1. The van der Waals surface area contributed by atoms with E-state index in [1.165, 1.54) is 23.4 Å². The van der Waals surface area contributed by atoms with Crippen LogP contribution in [0.5, 0.6) is 0 Å². The van der Waals surface area contributed by atoms with Crippen LogP contribution >= 0.6 is 0 Å². The van der Waals surface area contributed by atoms with E-state index in [0.717, 1.165) is 0 Å². The molecular weight excluding hydrogens is 258 g/mol. The number of pyridine rings is 1. The Labute approximate surface area is 115 Å². The van der Waals surface area contributed by atoms with Gasteiger partial charge in [-0.3, -0.25) is 19.9 Å².